The third-order valence-electron chi connectivity index (χ3n) is 1.23. The number of aromatic hydroxyl groups is 1. The van der Waals surface area contributed by atoms with Crippen LogP contribution < -0.4 is 5.32 Å². The normalized spacial score (nSPS) is 10.2. The van der Waals surface area contributed by atoms with Crippen molar-refractivity contribution in [3.05, 3.63) is 24.3 Å². The summed E-state index contributed by atoms with van der Waals surface area (Å²) in [6, 6.07) is 7.09. The minimum absolute atomic E-state index is 0.320. The predicted molar refractivity (Wildman–Crippen MR) is 47.9 cm³/mol. The maximum atomic E-state index is 8.84. The minimum Gasteiger partial charge on any atom is -0.726 e. The molecule has 0 aromatic heterocycles. The average molecular weight is 221 g/mol. The van der Waals surface area contributed by atoms with Crippen molar-refractivity contribution in [2.75, 3.05) is 7.05 Å². The third-order valence-corrected chi connectivity index (χ3v) is 1.23. The fourth-order valence-electron chi connectivity index (χ4n) is 0.667. The van der Waals surface area contributed by atoms with Crippen LogP contribution in [-0.4, -0.2) is 29.7 Å². The first-order valence-corrected chi connectivity index (χ1v) is 4.96. The Morgan fingerprint density at radius 3 is 1.93 bits per heavy atom. The summed E-state index contributed by atoms with van der Waals surface area (Å²) in [5, 5.41) is 10.8. The summed E-state index contributed by atoms with van der Waals surface area (Å²) in [6.45, 7) is 0. The van der Waals surface area contributed by atoms with E-state index in [9.17, 15) is 0 Å². The fourth-order valence-corrected chi connectivity index (χ4v) is 0.667. The zero-order chi connectivity index (χ0) is 11.2. The first-order valence-electron chi connectivity index (χ1n) is 3.59. The van der Waals surface area contributed by atoms with Gasteiger partial charge < -0.3 is 15.0 Å². The molecule has 1 aromatic carbocycles. The number of hydrogen-bond acceptors (Lipinski definition) is 4. The second-order valence-electron chi connectivity index (χ2n) is 2.31. The second-order valence-corrected chi connectivity index (χ2v) is 3.16. The molecule has 0 aliphatic heterocycles. The predicted octanol–water partition coefficient (Wildman–Crippen LogP) is -0.778. The highest BCUT2D eigenvalue weighted by Crippen LogP contribution is 2.08. The SMILES string of the molecule is C[NH2+]c1ccc(O)cc1.O=S(=O)([O-])O. The van der Waals surface area contributed by atoms with E-state index < -0.39 is 10.4 Å². The number of benzene rings is 1. The summed E-state index contributed by atoms with van der Waals surface area (Å²) in [6.07, 6.45) is 0. The van der Waals surface area contributed by atoms with Gasteiger partial charge in [0.1, 0.15) is 11.4 Å². The third kappa shape index (κ3) is 8.94. The van der Waals surface area contributed by atoms with Crippen molar-refractivity contribution < 1.29 is 27.9 Å². The van der Waals surface area contributed by atoms with E-state index in [2.05, 4.69) is 0 Å². The van der Waals surface area contributed by atoms with Crippen molar-refractivity contribution in [2.45, 2.75) is 0 Å². The van der Waals surface area contributed by atoms with E-state index >= 15 is 0 Å². The monoisotopic (exact) mass is 221 g/mol. The average Bonchev–Trinajstić information content (AvgIpc) is 2.03. The zero-order valence-electron chi connectivity index (χ0n) is 7.41. The summed E-state index contributed by atoms with van der Waals surface area (Å²) in [4.78, 5) is 0. The van der Waals surface area contributed by atoms with Gasteiger partial charge in [0, 0.05) is 12.1 Å². The molecule has 6 nitrogen and oxygen atoms in total. The lowest BCUT2D eigenvalue weighted by atomic mass is 10.3. The Morgan fingerprint density at radius 1 is 1.29 bits per heavy atom. The Labute approximate surface area is 81.8 Å². The molecule has 0 aliphatic rings. The van der Waals surface area contributed by atoms with Gasteiger partial charge in [-0.05, 0) is 12.1 Å². The highest BCUT2D eigenvalue weighted by atomic mass is 32.3. The Balaban J connectivity index is 0.000000292. The van der Waals surface area contributed by atoms with E-state index in [1.54, 1.807) is 12.1 Å². The van der Waals surface area contributed by atoms with E-state index in [-0.39, 0.29) is 0 Å². The van der Waals surface area contributed by atoms with Gasteiger partial charge in [0.15, 0.2) is 0 Å². The summed E-state index contributed by atoms with van der Waals surface area (Å²) in [7, 11) is -2.95. The quantitative estimate of drug-likeness (QED) is 0.249. The molecular weight excluding hydrogens is 210 g/mol. The van der Waals surface area contributed by atoms with Crippen molar-refractivity contribution >= 4 is 16.1 Å². The molecule has 0 heterocycles. The maximum absolute atomic E-state index is 8.84. The molecule has 0 aliphatic carbocycles. The van der Waals surface area contributed by atoms with Gasteiger partial charge in [-0.25, -0.2) is 8.42 Å². The molecule has 0 saturated carbocycles. The van der Waals surface area contributed by atoms with E-state index in [1.807, 2.05) is 24.5 Å². The lowest BCUT2D eigenvalue weighted by Crippen LogP contribution is -2.72. The number of hydrogen-bond donors (Lipinski definition) is 3. The molecule has 0 spiro atoms. The standard InChI is InChI=1S/C7H9NO.H2O4S/c1-8-6-2-4-7(9)5-3-6;1-5(2,3)4/h2-5,8-9H,1H3;(H2,1,2,3,4). The molecule has 14 heavy (non-hydrogen) atoms. The van der Waals surface area contributed by atoms with Crippen LogP contribution in [0, 0.1) is 0 Å². The molecule has 1 aromatic rings. The van der Waals surface area contributed by atoms with E-state index in [4.69, 9.17) is 22.6 Å². The van der Waals surface area contributed by atoms with Crippen LogP contribution in [0.1, 0.15) is 0 Å². The molecule has 0 unspecified atom stereocenters. The molecular formula is C7H11NO5S. The van der Waals surface area contributed by atoms with Crippen LogP contribution in [0.3, 0.4) is 0 Å². The van der Waals surface area contributed by atoms with Crippen molar-refractivity contribution in [3.8, 4) is 5.75 Å². The zero-order valence-corrected chi connectivity index (χ0v) is 8.23. The van der Waals surface area contributed by atoms with Crippen LogP contribution in [0.15, 0.2) is 24.3 Å². The van der Waals surface area contributed by atoms with Crippen LogP contribution in [-0.2, 0) is 10.4 Å². The molecule has 0 radical (unpaired) electrons. The van der Waals surface area contributed by atoms with Crippen LogP contribution in [0.4, 0.5) is 5.69 Å². The van der Waals surface area contributed by atoms with Crippen molar-refractivity contribution in [1.82, 2.24) is 0 Å². The number of nitrogens with two attached hydrogens (primary N) is 1. The van der Waals surface area contributed by atoms with Gasteiger partial charge in [-0.15, -0.1) is 0 Å². The molecule has 0 bridgehead atoms. The van der Waals surface area contributed by atoms with Gasteiger partial charge in [0.05, 0.1) is 7.05 Å². The molecule has 7 heteroatoms. The molecule has 1 rings (SSSR count). The van der Waals surface area contributed by atoms with Gasteiger partial charge in [0.25, 0.3) is 0 Å². The molecule has 80 valence electrons. The number of phenolic OH excluding ortho intramolecular Hbond substituents is 1. The maximum Gasteiger partial charge on any atom is 0.215 e. The van der Waals surface area contributed by atoms with Crippen molar-refractivity contribution in [2.24, 2.45) is 0 Å². The number of phenols is 1. The Hall–Kier alpha value is -1.15. The Bertz CT molecular complexity index is 350. The molecule has 0 amide bonds. The van der Waals surface area contributed by atoms with Gasteiger partial charge in [-0.2, -0.15) is 0 Å². The number of rotatable bonds is 1. The summed E-state index contributed by atoms with van der Waals surface area (Å²) in [5.74, 6) is 0.320. The Morgan fingerprint density at radius 2 is 1.64 bits per heavy atom. The largest absolute Gasteiger partial charge is 0.726 e. The fraction of sp³-hybridized carbons (Fsp3) is 0.143. The van der Waals surface area contributed by atoms with Gasteiger partial charge in [-0.3, -0.25) is 4.55 Å². The molecule has 0 fully saturated rings. The second kappa shape index (κ2) is 5.55. The van der Waals surface area contributed by atoms with Crippen LogP contribution in [0.2, 0.25) is 0 Å². The van der Waals surface area contributed by atoms with Crippen LogP contribution in [0.25, 0.3) is 0 Å². The molecule has 0 saturated heterocycles. The topological polar surface area (TPSA) is 114 Å². The first kappa shape index (κ1) is 12.8. The summed E-state index contributed by atoms with van der Waals surface area (Å²) >= 11 is 0. The van der Waals surface area contributed by atoms with Crippen LogP contribution in [0.5, 0.6) is 5.75 Å². The highest BCUT2D eigenvalue weighted by Gasteiger charge is 1.89. The summed E-state index contributed by atoms with van der Waals surface area (Å²) < 4.78 is 32.8. The van der Waals surface area contributed by atoms with Gasteiger partial charge in [0.2, 0.25) is 10.4 Å². The molecule has 4 N–H and O–H groups in total. The smallest absolute Gasteiger partial charge is 0.215 e. The number of quaternary nitrogens is 1. The summed E-state index contributed by atoms with van der Waals surface area (Å²) in [5.41, 5.74) is 1.13. The van der Waals surface area contributed by atoms with Gasteiger partial charge in [-0.1, -0.05) is 0 Å². The van der Waals surface area contributed by atoms with Crippen molar-refractivity contribution in [1.29, 1.82) is 0 Å². The van der Waals surface area contributed by atoms with Crippen molar-refractivity contribution in [3.63, 3.8) is 0 Å². The lowest BCUT2D eigenvalue weighted by molar-refractivity contribution is -0.539. The minimum atomic E-state index is -4.92. The van der Waals surface area contributed by atoms with Gasteiger partial charge >= 0.3 is 0 Å². The Kier molecular flexibility index (Phi) is 5.10. The van der Waals surface area contributed by atoms with E-state index in [0.717, 1.165) is 5.69 Å². The van der Waals surface area contributed by atoms with E-state index in [1.165, 1.54) is 0 Å². The first-order chi connectivity index (χ1) is 6.33. The molecule has 0 atom stereocenters. The lowest BCUT2D eigenvalue weighted by Gasteiger charge is -1.92. The highest BCUT2D eigenvalue weighted by molar-refractivity contribution is 7.79. The van der Waals surface area contributed by atoms with Crippen LogP contribution >= 0.6 is 0 Å². The van der Waals surface area contributed by atoms with E-state index in [0.29, 0.717) is 5.75 Å².